The van der Waals surface area contributed by atoms with Gasteiger partial charge >= 0.3 is 13.8 Å². The molecule has 5 atom stereocenters. The molecule has 0 spiro atoms. The van der Waals surface area contributed by atoms with Crippen LogP contribution in [0.1, 0.15) is 12.6 Å². The molecule has 16 heteroatoms. The molecular weight excluding hydrogens is 455 g/mol. The number of aromatic nitrogens is 4. The number of nitrogens with two attached hydrogens (primary N) is 2. The van der Waals surface area contributed by atoms with Gasteiger partial charge in [0.05, 0.1) is 12.9 Å². The zero-order chi connectivity index (χ0) is 22.8. The molecule has 0 aromatic carbocycles. The monoisotopic (exact) mass is 478 g/mol. The molecular formula is C15H23N6O8PS. The van der Waals surface area contributed by atoms with Crippen molar-refractivity contribution >= 4 is 42.5 Å². The number of aliphatic hydroxyl groups excluding tert-OH is 1. The Morgan fingerprint density at radius 1 is 1.42 bits per heavy atom. The van der Waals surface area contributed by atoms with Crippen molar-refractivity contribution in [1.82, 2.24) is 19.5 Å². The number of ether oxygens (including phenoxy) is 2. The molecule has 0 amide bonds. The first-order chi connectivity index (χ1) is 14.6. The molecule has 1 aliphatic heterocycles. The average Bonchev–Trinajstić information content (AvgIpc) is 3.26. The number of hydrogen-bond donors (Lipinski definition) is 5. The van der Waals surface area contributed by atoms with E-state index in [0.29, 0.717) is 12.2 Å². The highest BCUT2D eigenvalue weighted by Gasteiger charge is 2.48. The number of rotatable bonds is 9. The third kappa shape index (κ3) is 5.51. The minimum Gasteiger partial charge on any atom is -0.455 e. The molecule has 31 heavy (non-hydrogen) atoms. The van der Waals surface area contributed by atoms with Crippen molar-refractivity contribution in [3.8, 4) is 0 Å². The first-order valence-corrected chi connectivity index (χ1v) is 12.0. The molecule has 3 heterocycles. The molecule has 3 rings (SSSR count). The van der Waals surface area contributed by atoms with Gasteiger partial charge in [-0.3, -0.25) is 13.9 Å². The van der Waals surface area contributed by atoms with Crippen LogP contribution in [0.5, 0.6) is 0 Å². The predicted molar refractivity (Wildman–Crippen MR) is 109 cm³/mol. The molecule has 14 nitrogen and oxygen atoms in total. The van der Waals surface area contributed by atoms with Crippen molar-refractivity contribution < 1.29 is 38.3 Å². The second-order valence-electron chi connectivity index (χ2n) is 6.71. The van der Waals surface area contributed by atoms with E-state index in [-0.39, 0.29) is 17.0 Å². The van der Waals surface area contributed by atoms with E-state index in [9.17, 15) is 14.5 Å². The molecule has 1 aliphatic rings. The molecule has 1 saturated heterocycles. The maximum atomic E-state index is 12.4. The van der Waals surface area contributed by atoms with Crippen molar-refractivity contribution in [2.24, 2.45) is 5.73 Å². The highest BCUT2D eigenvalue weighted by Crippen LogP contribution is 2.39. The number of phosphoric ester groups is 1. The summed E-state index contributed by atoms with van der Waals surface area (Å²) in [6, 6.07) is -0.941. The Kier molecular flexibility index (Phi) is 7.49. The van der Waals surface area contributed by atoms with Crippen molar-refractivity contribution in [2.45, 2.75) is 37.0 Å². The van der Waals surface area contributed by atoms with Crippen molar-refractivity contribution in [1.29, 1.82) is 0 Å². The summed E-state index contributed by atoms with van der Waals surface area (Å²) < 4.78 is 28.1. The van der Waals surface area contributed by atoms with Crippen molar-refractivity contribution in [3.63, 3.8) is 0 Å². The third-order valence-corrected chi connectivity index (χ3v) is 5.69. The Morgan fingerprint density at radius 3 is 2.84 bits per heavy atom. The van der Waals surface area contributed by atoms with Crippen LogP contribution in [0.2, 0.25) is 0 Å². The quantitative estimate of drug-likeness (QED) is 0.210. The fourth-order valence-corrected chi connectivity index (χ4v) is 3.87. The fraction of sp³-hybridized carbons (Fsp3) is 0.600. The Hall–Kier alpha value is -1.84. The highest BCUT2D eigenvalue weighted by atomic mass is 32.2. The van der Waals surface area contributed by atoms with Crippen LogP contribution < -0.4 is 11.5 Å². The van der Waals surface area contributed by atoms with E-state index in [4.69, 9.17) is 30.7 Å². The second kappa shape index (κ2) is 9.75. The van der Waals surface area contributed by atoms with Crippen LogP contribution in [0, 0.1) is 0 Å². The molecule has 2 aromatic rings. The maximum absolute atomic E-state index is 12.4. The van der Waals surface area contributed by atoms with Crippen LogP contribution in [0.4, 0.5) is 5.82 Å². The highest BCUT2D eigenvalue weighted by molar-refractivity contribution is 7.98. The number of hydrogen-bond acceptors (Lipinski definition) is 12. The Bertz CT molecular complexity index is 972. The summed E-state index contributed by atoms with van der Waals surface area (Å²) in [5, 5.41) is 10.8. The van der Waals surface area contributed by atoms with Gasteiger partial charge in [-0.25, -0.2) is 19.5 Å². The van der Waals surface area contributed by atoms with Crippen molar-refractivity contribution in [3.05, 3.63) is 12.7 Å². The summed E-state index contributed by atoms with van der Waals surface area (Å²) in [6.07, 6.45) is -0.424. The third-order valence-electron chi connectivity index (χ3n) is 4.57. The van der Waals surface area contributed by atoms with Crippen LogP contribution in [-0.4, -0.2) is 83.4 Å². The van der Waals surface area contributed by atoms with Crippen LogP contribution in [0.3, 0.4) is 0 Å². The first kappa shape index (κ1) is 23.8. The minimum atomic E-state index is -4.84. The Labute approximate surface area is 180 Å². The van der Waals surface area contributed by atoms with E-state index in [2.05, 4.69) is 19.5 Å². The lowest BCUT2D eigenvalue weighted by Gasteiger charge is -2.22. The van der Waals surface area contributed by atoms with E-state index in [1.54, 1.807) is 0 Å². The van der Waals surface area contributed by atoms with Gasteiger partial charge in [0.25, 0.3) is 0 Å². The number of nitrogens with zero attached hydrogens (tertiary/aromatic N) is 4. The molecule has 7 N–H and O–H groups in total. The van der Waals surface area contributed by atoms with E-state index in [1.807, 2.05) is 6.26 Å². The molecule has 0 unspecified atom stereocenters. The largest absolute Gasteiger partial charge is 0.469 e. The smallest absolute Gasteiger partial charge is 0.455 e. The normalized spacial score (nSPS) is 25.1. The van der Waals surface area contributed by atoms with E-state index in [0.717, 1.165) is 0 Å². The van der Waals surface area contributed by atoms with Gasteiger partial charge in [-0.05, 0) is 18.4 Å². The summed E-state index contributed by atoms with van der Waals surface area (Å²) in [6.45, 7) is -0.653. The van der Waals surface area contributed by atoms with Crippen LogP contribution in [-0.2, 0) is 23.4 Å². The molecule has 0 bridgehead atoms. The van der Waals surface area contributed by atoms with E-state index in [1.165, 1.54) is 29.0 Å². The summed E-state index contributed by atoms with van der Waals surface area (Å²) >= 11 is 1.50. The number of imidazole rings is 1. The SMILES string of the molecule is CSCC[C@H](N)C(=O)O[C@H]1[C@@H](O)[C@H](n2cnc3c(N)ncnc32)O[C@@H]1COP(=O)(O)O. The Balaban J connectivity index is 1.84. The fourth-order valence-electron chi connectivity index (χ4n) is 3.04. The number of anilines is 1. The van der Waals surface area contributed by atoms with Crippen molar-refractivity contribution in [2.75, 3.05) is 24.3 Å². The van der Waals surface area contributed by atoms with Gasteiger partial charge in [-0.2, -0.15) is 11.8 Å². The van der Waals surface area contributed by atoms with Gasteiger partial charge in [0.1, 0.15) is 30.1 Å². The molecule has 0 saturated carbocycles. The van der Waals surface area contributed by atoms with E-state index < -0.39 is 51.0 Å². The summed E-state index contributed by atoms with van der Waals surface area (Å²) in [7, 11) is -4.84. The number of aliphatic hydroxyl groups is 1. The van der Waals surface area contributed by atoms with E-state index >= 15 is 0 Å². The molecule has 0 aliphatic carbocycles. The number of thioether (sulfide) groups is 1. The number of fused-ring (bicyclic) bond motifs is 1. The summed E-state index contributed by atoms with van der Waals surface area (Å²) in [5.74, 6) is -0.0545. The lowest BCUT2D eigenvalue weighted by atomic mass is 10.1. The van der Waals surface area contributed by atoms with Crippen LogP contribution in [0.25, 0.3) is 11.2 Å². The van der Waals surface area contributed by atoms with Gasteiger partial charge in [0.15, 0.2) is 23.8 Å². The number of phosphoric acid groups is 1. The number of carbonyl (C=O) groups excluding carboxylic acids is 1. The number of nitrogen functional groups attached to an aromatic ring is 1. The van der Waals surface area contributed by atoms with Gasteiger partial charge < -0.3 is 35.8 Å². The van der Waals surface area contributed by atoms with Crippen LogP contribution >= 0.6 is 19.6 Å². The van der Waals surface area contributed by atoms with Gasteiger partial charge in [-0.1, -0.05) is 0 Å². The lowest BCUT2D eigenvalue weighted by Crippen LogP contribution is -2.43. The molecule has 0 radical (unpaired) electrons. The molecule has 172 valence electrons. The lowest BCUT2D eigenvalue weighted by molar-refractivity contribution is -0.158. The number of carbonyl (C=O) groups is 1. The standard InChI is InChI=1S/C15H23N6O8PS/c1-31-3-2-7(16)15(23)29-11-8(4-27-30(24,25)26)28-14(10(11)22)21-6-20-9-12(17)18-5-19-13(9)21/h5-8,10-11,14,22H,2-4,16H2,1H3,(H2,17,18,19)(H2,24,25,26)/t7-,8+,10+,11+,14+/m0/s1. The minimum absolute atomic E-state index is 0.111. The number of esters is 1. The van der Waals surface area contributed by atoms with Gasteiger partial charge in [-0.15, -0.1) is 0 Å². The zero-order valence-corrected chi connectivity index (χ0v) is 18.1. The maximum Gasteiger partial charge on any atom is 0.469 e. The van der Waals surface area contributed by atoms with Crippen LogP contribution in [0.15, 0.2) is 12.7 Å². The predicted octanol–water partition coefficient (Wildman–Crippen LogP) is -1.23. The average molecular weight is 478 g/mol. The van der Waals surface area contributed by atoms with Gasteiger partial charge in [0, 0.05) is 0 Å². The molecule has 2 aromatic heterocycles. The summed E-state index contributed by atoms with van der Waals surface area (Å²) in [5.41, 5.74) is 12.1. The van der Waals surface area contributed by atoms with Gasteiger partial charge in [0.2, 0.25) is 0 Å². The molecule has 1 fully saturated rings. The second-order valence-corrected chi connectivity index (χ2v) is 8.94. The summed E-state index contributed by atoms with van der Waals surface area (Å²) in [4.78, 5) is 42.4. The topological polar surface area (TPSA) is 218 Å². The zero-order valence-electron chi connectivity index (χ0n) is 16.3. The Morgan fingerprint density at radius 2 is 2.16 bits per heavy atom. The first-order valence-electron chi connectivity index (χ1n) is 9.04.